The number of rotatable bonds is 6. The summed E-state index contributed by atoms with van der Waals surface area (Å²) in [5.74, 6) is 1.70. The molecule has 7 heteroatoms. The first-order chi connectivity index (χ1) is 10.5. The molecule has 2 aromatic rings. The van der Waals surface area contributed by atoms with Crippen molar-refractivity contribution < 1.29 is 9.21 Å². The van der Waals surface area contributed by atoms with Crippen LogP contribution in [0.3, 0.4) is 0 Å². The Morgan fingerprint density at radius 2 is 2.27 bits per heavy atom. The number of amides is 1. The van der Waals surface area contributed by atoms with Gasteiger partial charge in [0.2, 0.25) is 11.8 Å². The largest absolute Gasteiger partial charge is 0.445 e. The fraction of sp³-hybridized carbons (Fsp3) is 0.533. The maximum absolute atomic E-state index is 12.0. The molecule has 0 saturated heterocycles. The zero-order valence-electron chi connectivity index (χ0n) is 12.9. The zero-order chi connectivity index (χ0) is 15.7. The highest BCUT2D eigenvalue weighted by Gasteiger charge is 2.45. The van der Waals surface area contributed by atoms with Gasteiger partial charge < -0.3 is 9.73 Å². The van der Waals surface area contributed by atoms with E-state index in [-0.39, 0.29) is 16.6 Å². The Hall–Kier alpha value is -1.34. The van der Waals surface area contributed by atoms with Crippen LogP contribution in [0.1, 0.15) is 50.5 Å². The Morgan fingerprint density at radius 1 is 1.50 bits per heavy atom. The minimum atomic E-state index is -0.180. The number of nitrogens with one attached hydrogen (secondary N) is 1. The van der Waals surface area contributed by atoms with E-state index < -0.39 is 0 Å². The molecule has 0 spiro atoms. The summed E-state index contributed by atoms with van der Waals surface area (Å²) >= 11 is 3.13. The second-order valence-electron chi connectivity index (χ2n) is 5.78. The average molecular weight is 337 g/mol. The number of anilines is 1. The number of nitrogens with zero attached hydrogens (tertiary/aromatic N) is 2. The Bertz CT molecular complexity index is 676. The zero-order valence-corrected chi connectivity index (χ0v) is 14.5. The van der Waals surface area contributed by atoms with Crippen LogP contribution in [0, 0.1) is 5.41 Å². The van der Waals surface area contributed by atoms with E-state index in [0.29, 0.717) is 5.13 Å². The second-order valence-corrected chi connectivity index (χ2v) is 8.45. The van der Waals surface area contributed by atoms with Gasteiger partial charge in [-0.05, 0) is 19.8 Å². The van der Waals surface area contributed by atoms with E-state index in [9.17, 15) is 4.79 Å². The lowest BCUT2D eigenvalue weighted by atomic mass is 10.1. The number of hydrogen-bond acceptors (Lipinski definition) is 6. The molecule has 0 bridgehead atoms. The van der Waals surface area contributed by atoms with Gasteiger partial charge >= 0.3 is 0 Å². The van der Waals surface area contributed by atoms with Crippen molar-refractivity contribution in [3.63, 3.8) is 0 Å². The highest BCUT2D eigenvalue weighted by Crippen LogP contribution is 2.46. The maximum Gasteiger partial charge on any atom is 0.232 e. The summed E-state index contributed by atoms with van der Waals surface area (Å²) in [7, 11) is 0. The van der Waals surface area contributed by atoms with Crippen molar-refractivity contribution in [3.05, 3.63) is 24.0 Å². The highest BCUT2D eigenvalue weighted by molar-refractivity contribution is 8.01. The quantitative estimate of drug-likeness (QED) is 0.797. The molecule has 1 unspecified atom stereocenters. The highest BCUT2D eigenvalue weighted by atomic mass is 32.2. The molecule has 1 aliphatic carbocycles. The van der Waals surface area contributed by atoms with Crippen LogP contribution in [0.5, 0.6) is 0 Å². The predicted molar refractivity (Wildman–Crippen MR) is 88.2 cm³/mol. The molecule has 1 fully saturated rings. The smallest absolute Gasteiger partial charge is 0.232 e. The van der Waals surface area contributed by atoms with Gasteiger partial charge in [0.1, 0.15) is 5.76 Å². The van der Waals surface area contributed by atoms with Crippen LogP contribution in [-0.2, 0) is 11.2 Å². The monoisotopic (exact) mass is 337 g/mol. The van der Waals surface area contributed by atoms with Gasteiger partial charge in [-0.25, -0.2) is 9.97 Å². The molecule has 0 radical (unpaired) electrons. The van der Waals surface area contributed by atoms with Gasteiger partial charge in [-0.2, -0.15) is 0 Å². The molecule has 1 atom stereocenters. The summed E-state index contributed by atoms with van der Waals surface area (Å²) in [5, 5.41) is 3.68. The summed E-state index contributed by atoms with van der Waals surface area (Å²) in [4.78, 5) is 20.6. The van der Waals surface area contributed by atoms with Gasteiger partial charge in [-0.15, -0.1) is 11.8 Å². The molecule has 22 heavy (non-hydrogen) atoms. The van der Waals surface area contributed by atoms with Crippen molar-refractivity contribution in [3.8, 4) is 0 Å². The molecule has 5 nitrogen and oxygen atoms in total. The molecule has 1 aliphatic rings. The molecule has 2 heterocycles. The molecule has 1 saturated carbocycles. The van der Waals surface area contributed by atoms with Crippen LogP contribution in [0.25, 0.3) is 0 Å². The van der Waals surface area contributed by atoms with Crippen LogP contribution in [-0.4, -0.2) is 15.9 Å². The first-order valence-electron chi connectivity index (χ1n) is 7.39. The first-order valence-corrected chi connectivity index (χ1v) is 9.08. The Kier molecular flexibility index (Phi) is 4.27. The van der Waals surface area contributed by atoms with Gasteiger partial charge in [0.05, 0.1) is 21.9 Å². The number of carbonyl (C=O) groups is 1. The number of thioether (sulfide) groups is 1. The van der Waals surface area contributed by atoms with E-state index in [1.54, 1.807) is 24.2 Å². The molecule has 0 aromatic carbocycles. The fourth-order valence-corrected chi connectivity index (χ4v) is 4.01. The van der Waals surface area contributed by atoms with Crippen molar-refractivity contribution in [2.75, 3.05) is 5.32 Å². The number of oxazole rings is 1. The van der Waals surface area contributed by atoms with Gasteiger partial charge in [0.15, 0.2) is 5.13 Å². The Labute approximate surface area is 137 Å². The van der Waals surface area contributed by atoms with Gasteiger partial charge in [-0.3, -0.25) is 4.79 Å². The van der Waals surface area contributed by atoms with Crippen molar-refractivity contribution in [1.82, 2.24) is 9.97 Å². The van der Waals surface area contributed by atoms with Crippen LogP contribution in [0.2, 0.25) is 0 Å². The van der Waals surface area contributed by atoms with Gasteiger partial charge in [0.25, 0.3) is 0 Å². The fourth-order valence-electron chi connectivity index (χ4n) is 1.93. The van der Waals surface area contributed by atoms with Crippen LogP contribution < -0.4 is 5.32 Å². The minimum absolute atomic E-state index is 0.0757. The molecule has 2 aromatic heterocycles. The number of hydrogen-bond donors (Lipinski definition) is 1. The third-order valence-corrected chi connectivity index (χ3v) is 5.95. The topological polar surface area (TPSA) is 68.0 Å². The molecule has 3 rings (SSSR count). The molecular weight excluding hydrogens is 318 g/mol. The van der Waals surface area contributed by atoms with Gasteiger partial charge in [0, 0.05) is 11.8 Å². The number of carbonyl (C=O) groups excluding carboxylic acids is 1. The van der Waals surface area contributed by atoms with Gasteiger partial charge in [-0.1, -0.05) is 25.2 Å². The normalized spacial score (nSPS) is 17.2. The predicted octanol–water partition coefficient (Wildman–Crippen LogP) is 4.29. The summed E-state index contributed by atoms with van der Waals surface area (Å²) in [6.07, 6.45) is 6.35. The Balaban J connectivity index is 1.60. The second kappa shape index (κ2) is 6.04. The van der Waals surface area contributed by atoms with E-state index >= 15 is 0 Å². The Morgan fingerprint density at radius 3 is 2.91 bits per heavy atom. The maximum atomic E-state index is 12.0. The molecular formula is C15H19N3O2S2. The number of thiazole rings is 1. The van der Waals surface area contributed by atoms with Crippen molar-refractivity contribution in [1.29, 1.82) is 0 Å². The van der Waals surface area contributed by atoms with Crippen LogP contribution in [0.4, 0.5) is 5.13 Å². The molecule has 1 N–H and O–H groups in total. The molecule has 0 aliphatic heterocycles. The lowest BCUT2D eigenvalue weighted by Gasteiger charge is -2.06. The van der Waals surface area contributed by atoms with Crippen LogP contribution in [0.15, 0.2) is 21.0 Å². The standard InChI is InChI=1S/C15H19N3O2S2/c1-4-10-7-16-12(20-10)9(2)21-11-8-17-14(22-11)18-13(19)15(3)5-6-15/h7-9H,4-6H2,1-3H3,(H,17,18,19). The third kappa shape index (κ3) is 3.35. The lowest BCUT2D eigenvalue weighted by Crippen LogP contribution is -2.21. The summed E-state index contributed by atoms with van der Waals surface area (Å²) in [5.41, 5.74) is -0.180. The lowest BCUT2D eigenvalue weighted by molar-refractivity contribution is -0.120. The van der Waals surface area contributed by atoms with E-state index in [0.717, 1.165) is 35.1 Å². The summed E-state index contributed by atoms with van der Waals surface area (Å²) in [6.45, 7) is 6.08. The van der Waals surface area contributed by atoms with E-state index in [4.69, 9.17) is 4.42 Å². The number of aromatic nitrogens is 2. The SMILES string of the molecule is CCc1cnc(C(C)Sc2cnc(NC(=O)C3(C)CC3)s2)o1. The summed E-state index contributed by atoms with van der Waals surface area (Å²) in [6, 6.07) is 0. The number of aryl methyl sites for hydroxylation is 1. The third-order valence-electron chi connectivity index (χ3n) is 3.81. The molecule has 118 valence electrons. The average Bonchev–Trinajstić information content (AvgIpc) is 2.93. The van der Waals surface area contributed by atoms with Crippen molar-refractivity contribution in [2.45, 2.75) is 49.5 Å². The van der Waals surface area contributed by atoms with E-state index in [1.165, 1.54) is 11.3 Å². The minimum Gasteiger partial charge on any atom is -0.445 e. The van der Waals surface area contributed by atoms with E-state index in [1.807, 2.05) is 13.8 Å². The van der Waals surface area contributed by atoms with Crippen molar-refractivity contribution in [2.24, 2.45) is 5.41 Å². The molecule has 1 amide bonds. The van der Waals surface area contributed by atoms with Crippen LogP contribution >= 0.6 is 23.1 Å². The van der Waals surface area contributed by atoms with E-state index in [2.05, 4.69) is 22.2 Å². The first kappa shape index (κ1) is 15.6. The van der Waals surface area contributed by atoms with Crippen molar-refractivity contribution >= 4 is 34.1 Å². The summed E-state index contributed by atoms with van der Waals surface area (Å²) < 4.78 is 6.72.